The van der Waals surface area contributed by atoms with Crippen molar-refractivity contribution in [3.05, 3.63) is 35.6 Å². The molecule has 1 rings (SSSR count). The third-order valence-corrected chi connectivity index (χ3v) is 1.23. The van der Waals surface area contributed by atoms with Crippen LogP contribution in [0.2, 0.25) is 5.02 Å². The van der Waals surface area contributed by atoms with Gasteiger partial charge in [-0.05, 0) is 12.1 Å². The van der Waals surface area contributed by atoms with Crippen LogP contribution in [0.15, 0.2) is 24.9 Å². The number of hydrogen-bond acceptors (Lipinski definition) is 1. The van der Waals surface area contributed by atoms with E-state index in [2.05, 4.69) is 11.6 Å². The van der Waals surface area contributed by atoms with Crippen LogP contribution in [0, 0.1) is 0 Å². The summed E-state index contributed by atoms with van der Waals surface area (Å²) in [4.78, 5) is 3.67. The van der Waals surface area contributed by atoms with Crippen LogP contribution >= 0.6 is 11.6 Å². The lowest BCUT2D eigenvalue weighted by atomic mass is 10.3. The van der Waals surface area contributed by atoms with Gasteiger partial charge < -0.3 is 0 Å². The molecule has 0 aliphatic heterocycles. The Labute approximate surface area is 63.2 Å². The zero-order valence-electron chi connectivity index (χ0n) is 5.14. The van der Waals surface area contributed by atoms with Crippen LogP contribution < -0.4 is 0 Å². The highest BCUT2D eigenvalue weighted by Crippen LogP contribution is 2.12. The molecule has 0 saturated carbocycles. The lowest BCUT2D eigenvalue weighted by Crippen LogP contribution is -1.80. The summed E-state index contributed by atoms with van der Waals surface area (Å²) in [7, 11) is 0. The van der Waals surface area contributed by atoms with Crippen molar-refractivity contribution in [3.63, 3.8) is 0 Å². The molecule has 52 valence electrons. The van der Waals surface area contributed by atoms with E-state index in [4.69, 9.17) is 11.6 Å². The second kappa shape index (κ2) is 2.80. The van der Waals surface area contributed by atoms with Gasteiger partial charge in [0, 0.05) is 6.20 Å². The summed E-state index contributed by atoms with van der Waals surface area (Å²) < 4.78 is 12.3. The molecule has 0 atom stereocenters. The van der Waals surface area contributed by atoms with Gasteiger partial charge in [0.2, 0.25) is 0 Å². The third-order valence-electron chi connectivity index (χ3n) is 1.01. The Balaban J connectivity index is 3.00. The minimum atomic E-state index is -0.545. The topological polar surface area (TPSA) is 12.9 Å². The van der Waals surface area contributed by atoms with Gasteiger partial charge in [0.25, 0.3) is 0 Å². The van der Waals surface area contributed by atoms with Crippen LogP contribution in [0.5, 0.6) is 0 Å². The van der Waals surface area contributed by atoms with Gasteiger partial charge >= 0.3 is 0 Å². The number of aromatic nitrogens is 1. The molecule has 0 aliphatic carbocycles. The molecule has 0 aliphatic rings. The van der Waals surface area contributed by atoms with Gasteiger partial charge in [-0.25, -0.2) is 4.39 Å². The second-order valence-corrected chi connectivity index (χ2v) is 2.20. The van der Waals surface area contributed by atoms with E-state index in [1.807, 2.05) is 0 Å². The summed E-state index contributed by atoms with van der Waals surface area (Å²) in [5.74, 6) is -0.545. The Bertz CT molecular complexity index is 242. The molecule has 1 aromatic rings. The lowest BCUT2D eigenvalue weighted by molar-refractivity contribution is 0.756. The molecule has 0 bridgehead atoms. The van der Waals surface area contributed by atoms with Gasteiger partial charge in [-0.1, -0.05) is 18.2 Å². The fourth-order valence-corrected chi connectivity index (χ4v) is 0.648. The third kappa shape index (κ3) is 1.54. The Morgan fingerprint density at radius 1 is 1.60 bits per heavy atom. The zero-order valence-corrected chi connectivity index (χ0v) is 5.90. The van der Waals surface area contributed by atoms with E-state index in [0.717, 1.165) is 0 Å². The molecular formula is C7H5ClFN. The first-order valence-electron chi connectivity index (χ1n) is 2.66. The predicted octanol–water partition coefficient (Wildman–Crippen LogP) is 2.68. The zero-order chi connectivity index (χ0) is 7.56. The van der Waals surface area contributed by atoms with Crippen molar-refractivity contribution in [2.24, 2.45) is 0 Å². The summed E-state index contributed by atoms with van der Waals surface area (Å²) in [5, 5.41) is 0.491. The number of nitrogens with zero attached hydrogens (tertiary/aromatic N) is 1. The largest absolute Gasteiger partial charge is 0.252 e. The Hall–Kier alpha value is -0.890. The van der Waals surface area contributed by atoms with Crippen LogP contribution in [-0.2, 0) is 0 Å². The standard InChI is InChI=1S/C7H5ClFN/c1-5(9)7-3-2-6(8)4-10-7/h2-4H,1H2. The summed E-state index contributed by atoms with van der Waals surface area (Å²) in [6, 6.07) is 3.04. The van der Waals surface area contributed by atoms with Gasteiger partial charge in [-0.15, -0.1) is 0 Å². The first kappa shape index (κ1) is 7.22. The Kier molecular flexibility index (Phi) is 2.02. The summed E-state index contributed by atoms with van der Waals surface area (Å²) in [6.07, 6.45) is 1.38. The van der Waals surface area contributed by atoms with Crippen molar-refractivity contribution < 1.29 is 4.39 Å². The summed E-state index contributed by atoms with van der Waals surface area (Å²) >= 11 is 5.50. The van der Waals surface area contributed by atoms with Crippen molar-refractivity contribution >= 4 is 17.4 Å². The Morgan fingerprint density at radius 3 is 2.70 bits per heavy atom. The molecule has 0 N–H and O–H groups in total. The van der Waals surface area contributed by atoms with E-state index < -0.39 is 5.83 Å². The second-order valence-electron chi connectivity index (χ2n) is 1.77. The van der Waals surface area contributed by atoms with Crippen molar-refractivity contribution in [1.82, 2.24) is 4.98 Å². The minimum Gasteiger partial charge on any atom is -0.252 e. The van der Waals surface area contributed by atoms with Gasteiger partial charge in [0.1, 0.15) is 5.83 Å². The Morgan fingerprint density at radius 2 is 2.30 bits per heavy atom. The average Bonchev–Trinajstić information content (AvgIpc) is 1.88. The van der Waals surface area contributed by atoms with Gasteiger partial charge in [0.05, 0.1) is 10.7 Å². The molecule has 1 heterocycles. The van der Waals surface area contributed by atoms with Crippen molar-refractivity contribution in [2.75, 3.05) is 0 Å². The fourth-order valence-electron chi connectivity index (χ4n) is 0.536. The van der Waals surface area contributed by atoms with Crippen LogP contribution in [0.1, 0.15) is 5.69 Å². The van der Waals surface area contributed by atoms with E-state index >= 15 is 0 Å². The van der Waals surface area contributed by atoms with Crippen LogP contribution in [0.4, 0.5) is 4.39 Å². The molecule has 0 aromatic carbocycles. The molecule has 0 spiro atoms. The first-order chi connectivity index (χ1) is 4.70. The molecule has 0 fully saturated rings. The fraction of sp³-hybridized carbons (Fsp3) is 0. The highest BCUT2D eigenvalue weighted by molar-refractivity contribution is 6.30. The lowest BCUT2D eigenvalue weighted by Gasteiger charge is -1.92. The quantitative estimate of drug-likeness (QED) is 0.611. The smallest absolute Gasteiger partial charge is 0.141 e. The van der Waals surface area contributed by atoms with E-state index in [9.17, 15) is 4.39 Å². The molecule has 0 unspecified atom stereocenters. The van der Waals surface area contributed by atoms with E-state index in [1.165, 1.54) is 12.3 Å². The average molecular weight is 158 g/mol. The van der Waals surface area contributed by atoms with Crippen molar-refractivity contribution in [3.8, 4) is 0 Å². The SMILES string of the molecule is C=C(F)c1ccc(Cl)cn1. The molecule has 10 heavy (non-hydrogen) atoms. The van der Waals surface area contributed by atoms with E-state index in [0.29, 0.717) is 5.02 Å². The monoisotopic (exact) mass is 157 g/mol. The summed E-state index contributed by atoms with van der Waals surface area (Å²) in [5.41, 5.74) is 0.226. The van der Waals surface area contributed by atoms with Crippen LogP contribution in [0.3, 0.4) is 0 Å². The highest BCUT2D eigenvalue weighted by atomic mass is 35.5. The predicted molar refractivity (Wildman–Crippen MR) is 39.4 cm³/mol. The number of hydrogen-bond donors (Lipinski definition) is 0. The number of halogens is 2. The number of rotatable bonds is 1. The van der Waals surface area contributed by atoms with E-state index in [1.54, 1.807) is 6.07 Å². The maximum atomic E-state index is 12.3. The van der Waals surface area contributed by atoms with Crippen LogP contribution in [0.25, 0.3) is 5.83 Å². The first-order valence-corrected chi connectivity index (χ1v) is 3.04. The molecular weight excluding hydrogens is 153 g/mol. The van der Waals surface area contributed by atoms with Crippen LogP contribution in [-0.4, -0.2) is 4.98 Å². The molecule has 1 nitrogen and oxygen atoms in total. The minimum absolute atomic E-state index is 0.226. The van der Waals surface area contributed by atoms with Crippen molar-refractivity contribution in [1.29, 1.82) is 0 Å². The van der Waals surface area contributed by atoms with Gasteiger partial charge in [-0.2, -0.15) is 0 Å². The molecule has 0 saturated heterocycles. The summed E-state index contributed by atoms with van der Waals surface area (Å²) in [6.45, 7) is 3.08. The molecule has 0 amide bonds. The highest BCUT2D eigenvalue weighted by Gasteiger charge is 1.96. The maximum absolute atomic E-state index is 12.3. The van der Waals surface area contributed by atoms with E-state index in [-0.39, 0.29) is 5.69 Å². The maximum Gasteiger partial charge on any atom is 0.141 e. The van der Waals surface area contributed by atoms with Crippen molar-refractivity contribution in [2.45, 2.75) is 0 Å². The molecule has 1 aromatic heterocycles. The molecule has 0 radical (unpaired) electrons. The van der Waals surface area contributed by atoms with Gasteiger partial charge in [-0.3, -0.25) is 4.98 Å². The molecule has 3 heteroatoms. The van der Waals surface area contributed by atoms with Gasteiger partial charge in [0.15, 0.2) is 0 Å². The normalized spacial score (nSPS) is 9.40. The number of pyridine rings is 1.